The zero-order valence-electron chi connectivity index (χ0n) is 21.2. The fourth-order valence-corrected chi connectivity index (χ4v) is 4.70. The van der Waals surface area contributed by atoms with Gasteiger partial charge in [-0.15, -0.1) is 0 Å². The van der Waals surface area contributed by atoms with Crippen molar-refractivity contribution in [3.63, 3.8) is 0 Å². The summed E-state index contributed by atoms with van der Waals surface area (Å²) in [5.41, 5.74) is -2.79. The first-order valence-corrected chi connectivity index (χ1v) is 12.3. The summed E-state index contributed by atoms with van der Waals surface area (Å²) in [4.78, 5) is 26.6. The molecule has 0 radical (unpaired) electrons. The van der Waals surface area contributed by atoms with Crippen molar-refractivity contribution < 1.29 is 74.5 Å². The Labute approximate surface area is 235 Å². The van der Waals surface area contributed by atoms with Gasteiger partial charge in [0.2, 0.25) is 17.8 Å². The van der Waals surface area contributed by atoms with Crippen LogP contribution in [0.25, 0.3) is 11.1 Å². The molecule has 0 bridgehead atoms. The highest BCUT2D eigenvalue weighted by atomic mass is 16.7. The van der Waals surface area contributed by atoms with E-state index in [-0.39, 0.29) is 5.75 Å². The number of benzene rings is 3. The molecule has 15 heteroatoms. The second kappa shape index (κ2) is 10.8. The predicted molar refractivity (Wildman–Crippen MR) is 135 cm³/mol. The first-order valence-electron chi connectivity index (χ1n) is 12.3. The van der Waals surface area contributed by atoms with E-state index in [0.29, 0.717) is 17.7 Å². The summed E-state index contributed by atoms with van der Waals surface area (Å²) < 4.78 is 22.0. The smallest absolute Gasteiger partial charge is 0.339 e. The van der Waals surface area contributed by atoms with Crippen molar-refractivity contribution in [2.45, 2.75) is 37.3 Å². The van der Waals surface area contributed by atoms with Gasteiger partial charge >= 0.3 is 11.9 Å². The van der Waals surface area contributed by atoms with E-state index < -0.39 is 113 Å². The number of carbonyl (C=O) groups is 2. The average Bonchev–Trinajstić information content (AvgIpc) is 2.98. The number of hydrogen-bond acceptors (Lipinski definition) is 15. The largest absolute Gasteiger partial charge is 0.504 e. The molecule has 3 aromatic carbocycles. The van der Waals surface area contributed by atoms with Gasteiger partial charge in [-0.25, -0.2) is 9.59 Å². The SMILES string of the molecule is O=C1OC[C@H]2O[C@@H](Oc3ccccc3CO)[C@H](O)[C@@H](O)[C@@H]2OC(=O)c2cc(O)c(O)c(O)c2-c2c1cc(O)c(O)c2O. The predicted octanol–water partition coefficient (Wildman–Crippen LogP) is 0.301. The lowest BCUT2D eigenvalue weighted by Gasteiger charge is -2.41. The highest BCUT2D eigenvalue weighted by molar-refractivity contribution is 6.08. The maximum Gasteiger partial charge on any atom is 0.339 e. The van der Waals surface area contributed by atoms with Gasteiger partial charge in [0.1, 0.15) is 30.7 Å². The normalized spacial score (nSPS) is 23.8. The third kappa shape index (κ3) is 4.69. The number of ether oxygens (including phenoxy) is 4. The summed E-state index contributed by atoms with van der Waals surface area (Å²) in [5.74, 6) is -9.46. The van der Waals surface area contributed by atoms with E-state index >= 15 is 0 Å². The van der Waals surface area contributed by atoms with Crippen LogP contribution in [0.15, 0.2) is 36.4 Å². The number of rotatable bonds is 3. The zero-order valence-corrected chi connectivity index (χ0v) is 21.2. The van der Waals surface area contributed by atoms with Crippen LogP contribution in [0.2, 0.25) is 0 Å². The van der Waals surface area contributed by atoms with Crippen molar-refractivity contribution >= 4 is 11.9 Å². The Hall–Kier alpha value is -4.96. The summed E-state index contributed by atoms with van der Waals surface area (Å²) in [6.07, 6.45) is -8.74. The molecular formula is C27H24O15. The highest BCUT2D eigenvalue weighted by Crippen LogP contribution is 2.52. The molecule has 1 saturated heterocycles. The Bertz CT molecular complexity index is 1570. The van der Waals surface area contributed by atoms with Gasteiger partial charge in [0.15, 0.2) is 29.1 Å². The lowest BCUT2D eigenvalue weighted by Crippen LogP contribution is -2.61. The Balaban J connectivity index is 1.62. The number of cyclic esters (lactones) is 1. The van der Waals surface area contributed by atoms with Crippen molar-refractivity contribution in [3.05, 3.63) is 53.1 Å². The van der Waals surface area contributed by atoms with Gasteiger partial charge in [-0.1, -0.05) is 18.2 Å². The van der Waals surface area contributed by atoms with E-state index in [1.165, 1.54) is 12.1 Å². The number of carbonyl (C=O) groups excluding carboxylic acids is 2. The highest BCUT2D eigenvalue weighted by Gasteiger charge is 2.49. The number of esters is 2. The van der Waals surface area contributed by atoms with Crippen LogP contribution in [0.3, 0.4) is 0 Å². The minimum absolute atomic E-state index is 0.0831. The molecule has 0 spiro atoms. The summed E-state index contributed by atoms with van der Waals surface area (Å²) in [6, 6.07) is 7.43. The average molecular weight is 588 g/mol. The van der Waals surface area contributed by atoms with Crippen molar-refractivity contribution in [2.24, 2.45) is 0 Å². The molecule has 1 fully saturated rings. The van der Waals surface area contributed by atoms with E-state index in [1.807, 2.05) is 0 Å². The zero-order chi connectivity index (χ0) is 30.5. The monoisotopic (exact) mass is 588 g/mol. The van der Waals surface area contributed by atoms with Crippen LogP contribution in [0, 0.1) is 0 Å². The molecule has 0 aromatic heterocycles. The molecule has 15 nitrogen and oxygen atoms in total. The van der Waals surface area contributed by atoms with Gasteiger partial charge in [0, 0.05) is 16.7 Å². The van der Waals surface area contributed by atoms with Crippen LogP contribution in [0.4, 0.5) is 0 Å². The Morgan fingerprint density at radius 2 is 1.36 bits per heavy atom. The van der Waals surface area contributed by atoms with E-state index in [0.717, 1.165) is 0 Å². The minimum atomic E-state index is -1.94. The lowest BCUT2D eigenvalue weighted by atomic mass is 9.92. The second-order valence-electron chi connectivity index (χ2n) is 9.41. The summed E-state index contributed by atoms with van der Waals surface area (Å²) in [5, 5.41) is 93.2. The molecule has 2 aliphatic heterocycles. The topological polar surface area (TPSA) is 253 Å². The fraction of sp³-hybridized carbons (Fsp3) is 0.259. The van der Waals surface area contributed by atoms with Gasteiger partial charge in [-0.2, -0.15) is 0 Å². The number of aliphatic hydroxyl groups is 3. The molecular weight excluding hydrogens is 564 g/mol. The number of hydrogen-bond donors (Lipinski definition) is 9. The van der Waals surface area contributed by atoms with Crippen LogP contribution >= 0.6 is 0 Å². The quantitative estimate of drug-likeness (QED) is 0.147. The van der Waals surface area contributed by atoms with Crippen LogP contribution in [-0.2, 0) is 20.8 Å². The van der Waals surface area contributed by atoms with Gasteiger partial charge < -0.3 is 64.9 Å². The Kier molecular flexibility index (Phi) is 7.34. The minimum Gasteiger partial charge on any atom is -0.504 e. The van der Waals surface area contributed by atoms with Gasteiger partial charge in [0.05, 0.1) is 17.7 Å². The van der Waals surface area contributed by atoms with Crippen molar-refractivity contribution in [1.82, 2.24) is 0 Å². The number of fused-ring (bicyclic) bond motifs is 4. The molecule has 0 unspecified atom stereocenters. The Morgan fingerprint density at radius 1 is 0.786 bits per heavy atom. The number of phenols is 6. The molecule has 2 aliphatic rings. The van der Waals surface area contributed by atoms with E-state index in [4.69, 9.17) is 18.9 Å². The molecule has 0 amide bonds. The van der Waals surface area contributed by atoms with Crippen LogP contribution < -0.4 is 4.74 Å². The van der Waals surface area contributed by atoms with Crippen molar-refractivity contribution in [1.29, 1.82) is 0 Å². The molecule has 42 heavy (non-hydrogen) atoms. The summed E-state index contributed by atoms with van der Waals surface area (Å²) in [7, 11) is 0. The van der Waals surface area contributed by atoms with Gasteiger partial charge in [-0.3, -0.25) is 0 Å². The van der Waals surface area contributed by atoms with E-state index in [1.54, 1.807) is 12.1 Å². The molecule has 3 aromatic rings. The summed E-state index contributed by atoms with van der Waals surface area (Å²) >= 11 is 0. The molecule has 2 heterocycles. The third-order valence-corrected chi connectivity index (χ3v) is 6.85. The molecule has 0 saturated carbocycles. The second-order valence-corrected chi connectivity index (χ2v) is 9.41. The number of para-hydroxylation sites is 1. The molecule has 0 aliphatic carbocycles. The first kappa shape index (κ1) is 28.6. The molecule has 5 atom stereocenters. The molecule has 5 rings (SSSR count). The van der Waals surface area contributed by atoms with Gasteiger partial charge in [0.25, 0.3) is 0 Å². The van der Waals surface area contributed by atoms with Gasteiger partial charge in [-0.05, 0) is 18.2 Å². The van der Waals surface area contributed by atoms with Crippen LogP contribution in [0.1, 0.15) is 26.3 Å². The number of aromatic hydroxyl groups is 6. The lowest BCUT2D eigenvalue weighted by molar-refractivity contribution is -0.276. The number of phenolic OH excluding ortho intramolecular Hbond substituents is 6. The first-order chi connectivity index (χ1) is 19.9. The van der Waals surface area contributed by atoms with E-state index in [9.17, 15) is 55.5 Å². The maximum atomic E-state index is 13.4. The molecule has 222 valence electrons. The van der Waals surface area contributed by atoms with Crippen molar-refractivity contribution in [3.8, 4) is 51.4 Å². The summed E-state index contributed by atoms with van der Waals surface area (Å²) in [6.45, 7) is -1.21. The van der Waals surface area contributed by atoms with Crippen LogP contribution in [0.5, 0.6) is 40.2 Å². The number of aliphatic hydroxyl groups excluding tert-OH is 3. The maximum absolute atomic E-state index is 13.4. The van der Waals surface area contributed by atoms with Crippen LogP contribution in [-0.4, -0.2) is 95.2 Å². The van der Waals surface area contributed by atoms with E-state index in [2.05, 4.69) is 0 Å². The standard InChI is InChI=1S/C27H24O15/c28-7-9-3-1-2-4-14(9)40-27-23(36)22(35)24-15(41-27)8-39-25(37)10-5-12(29)18(31)20(33)16(10)17-11(26(38)42-24)6-13(30)19(32)21(17)34/h1-6,15,22-24,27-36H,7-8H2/t15-,22-,23-,24-,27-/m1/s1. The van der Waals surface area contributed by atoms with Crippen molar-refractivity contribution in [2.75, 3.05) is 6.61 Å². The molecule has 9 N–H and O–H groups in total. The third-order valence-electron chi connectivity index (χ3n) is 6.85. The fourth-order valence-electron chi connectivity index (χ4n) is 4.70. The Morgan fingerprint density at radius 3 is 1.95 bits per heavy atom.